The van der Waals surface area contributed by atoms with Gasteiger partial charge in [-0.05, 0) is 31.8 Å². The van der Waals surface area contributed by atoms with E-state index in [0.717, 1.165) is 5.57 Å². The van der Waals surface area contributed by atoms with Crippen molar-refractivity contribution in [1.29, 1.82) is 0 Å². The molecule has 0 aliphatic heterocycles. The molecule has 0 aliphatic carbocycles. The van der Waals surface area contributed by atoms with Gasteiger partial charge in [-0.15, -0.1) is 0 Å². The second kappa shape index (κ2) is 6.10. The summed E-state index contributed by atoms with van der Waals surface area (Å²) in [5, 5.41) is 9.23. The lowest BCUT2D eigenvalue weighted by Crippen LogP contribution is -1.98. The normalized spacial score (nSPS) is 15.7. The molecule has 1 N–H and O–H groups in total. The number of hydrogen-bond acceptors (Lipinski definition) is 1. The number of aliphatic hydroxyl groups is 1. The lowest BCUT2D eigenvalue weighted by atomic mass is 9.95. The van der Waals surface area contributed by atoms with Crippen molar-refractivity contribution in [1.82, 2.24) is 0 Å². The highest BCUT2D eigenvalue weighted by Crippen LogP contribution is 2.19. The van der Waals surface area contributed by atoms with Gasteiger partial charge in [0.25, 0.3) is 0 Å². The Kier molecular flexibility index (Phi) is 5.87. The molecule has 0 aromatic carbocycles. The van der Waals surface area contributed by atoms with Crippen molar-refractivity contribution >= 4 is 0 Å². The Balaban J connectivity index is 3.72. The molecule has 0 radical (unpaired) electrons. The fourth-order valence-electron chi connectivity index (χ4n) is 1.27. The van der Waals surface area contributed by atoms with Crippen LogP contribution in [0, 0.1) is 5.92 Å². The first-order valence-corrected chi connectivity index (χ1v) is 4.95. The molecule has 0 bridgehead atoms. The second-order valence-corrected chi connectivity index (χ2v) is 3.67. The molecule has 0 spiro atoms. The van der Waals surface area contributed by atoms with Crippen LogP contribution < -0.4 is 0 Å². The largest absolute Gasteiger partial charge is 0.513 e. The van der Waals surface area contributed by atoms with Crippen LogP contribution in [0.1, 0.15) is 53.4 Å². The lowest BCUT2D eigenvalue weighted by molar-refractivity contribution is 0.392. The van der Waals surface area contributed by atoms with E-state index in [1.165, 1.54) is 25.7 Å². The molecule has 0 heterocycles. The molecule has 1 nitrogen and oxygen atoms in total. The Bertz CT molecular complexity index is 143. The van der Waals surface area contributed by atoms with Gasteiger partial charge in [-0.1, -0.05) is 33.1 Å². The summed E-state index contributed by atoms with van der Waals surface area (Å²) in [7, 11) is 0. The van der Waals surface area contributed by atoms with Crippen LogP contribution >= 0.6 is 0 Å². The topological polar surface area (TPSA) is 20.2 Å². The minimum Gasteiger partial charge on any atom is -0.513 e. The van der Waals surface area contributed by atoms with Crippen molar-refractivity contribution in [2.45, 2.75) is 53.4 Å². The molecule has 0 fully saturated rings. The van der Waals surface area contributed by atoms with Crippen molar-refractivity contribution in [2.24, 2.45) is 5.92 Å². The summed E-state index contributed by atoms with van der Waals surface area (Å²) < 4.78 is 0. The smallest absolute Gasteiger partial charge is 0.0883 e. The minimum absolute atomic E-state index is 0.499. The van der Waals surface area contributed by atoms with E-state index in [1.807, 2.05) is 6.92 Å². The third kappa shape index (κ3) is 4.42. The maximum atomic E-state index is 9.23. The quantitative estimate of drug-likeness (QED) is 0.487. The van der Waals surface area contributed by atoms with Gasteiger partial charge in [0.2, 0.25) is 0 Å². The highest BCUT2D eigenvalue weighted by atomic mass is 16.3. The molecule has 0 saturated heterocycles. The highest BCUT2D eigenvalue weighted by molar-refractivity contribution is 5.05. The van der Waals surface area contributed by atoms with Gasteiger partial charge in [0.05, 0.1) is 5.76 Å². The maximum absolute atomic E-state index is 9.23. The molecule has 12 heavy (non-hydrogen) atoms. The predicted molar refractivity (Wildman–Crippen MR) is 54.3 cm³/mol. The zero-order valence-corrected chi connectivity index (χ0v) is 8.85. The van der Waals surface area contributed by atoms with Crippen molar-refractivity contribution in [2.75, 3.05) is 0 Å². The summed E-state index contributed by atoms with van der Waals surface area (Å²) in [5.74, 6) is 1.04. The van der Waals surface area contributed by atoms with E-state index in [1.54, 1.807) is 6.92 Å². The van der Waals surface area contributed by atoms with Crippen LogP contribution in [0.4, 0.5) is 0 Å². The number of unbranched alkanes of at least 4 members (excludes halogenated alkanes) is 2. The molecule has 0 aromatic heterocycles. The van der Waals surface area contributed by atoms with E-state index in [0.29, 0.717) is 11.7 Å². The first-order valence-electron chi connectivity index (χ1n) is 4.95. The lowest BCUT2D eigenvalue weighted by Gasteiger charge is -2.12. The third-order valence-electron chi connectivity index (χ3n) is 2.55. The van der Waals surface area contributed by atoms with Gasteiger partial charge in [-0.25, -0.2) is 0 Å². The Morgan fingerprint density at radius 3 is 2.25 bits per heavy atom. The Morgan fingerprint density at radius 2 is 1.83 bits per heavy atom. The average Bonchev–Trinajstić information content (AvgIpc) is 2.03. The molecule has 72 valence electrons. The van der Waals surface area contributed by atoms with Gasteiger partial charge in [0.15, 0.2) is 0 Å². The summed E-state index contributed by atoms with van der Waals surface area (Å²) >= 11 is 0. The number of hydrogen-bond donors (Lipinski definition) is 1. The van der Waals surface area contributed by atoms with Crippen LogP contribution in [0.2, 0.25) is 0 Å². The molecule has 0 aliphatic rings. The summed E-state index contributed by atoms with van der Waals surface area (Å²) in [6, 6.07) is 0. The summed E-state index contributed by atoms with van der Waals surface area (Å²) in [6.07, 6.45) is 5.07. The van der Waals surface area contributed by atoms with Gasteiger partial charge in [-0.2, -0.15) is 0 Å². The molecular weight excluding hydrogens is 148 g/mol. The number of allylic oxidation sites excluding steroid dienone is 2. The van der Waals surface area contributed by atoms with Gasteiger partial charge >= 0.3 is 0 Å². The monoisotopic (exact) mass is 170 g/mol. The van der Waals surface area contributed by atoms with Crippen molar-refractivity contribution in [3.05, 3.63) is 11.3 Å². The molecule has 1 atom stereocenters. The minimum atomic E-state index is 0.499. The number of aliphatic hydroxyl groups excluding tert-OH is 1. The second-order valence-electron chi connectivity index (χ2n) is 3.67. The van der Waals surface area contributed by atoms with Crippen LogP contribution in [0.25, 0.3) is 0 Å². The molecule has 1 heteroatoms. The Labute approximate surface area is 76.5 Å². The molecule has 1 unspecified atom stereocenters. The summed E-state index contributed by atoms with van der Waals surface area (Å²) in [4.78, 5) is 0. The standard InChI is InChI=1S/C11H22O/c1-5-6-7-8-9(2)10(3)11(4)12/h9,12H,5-8H2,1-4H3. The fraction of sp³-hybridized carbons (Fsp3) is 0.818. The van der Waals surface area contributed by atoms with Crippen molar-refractivity contribution in [3.63, 3.8) is 0 Å². The molecule has 0 saturated carbocycles. The Morgan fingerprint density at radius 1 is 1.25 bits per heavy atom. The highest BCUT2D eigenvalue weighted by Gasteiger charge is 2.05. The van der Waals surface area contributed by atoms with E-state index in [9.17, 15) is 5.11 Å². The zero-order chi connectivity index (χ0) is 9.56. The predicted octanol–water partition coefficient (Wildman–Crippen LogP) is 4.05. The number of rotatable bonds is 5. The van der Waals surface area contributed by atoms with Gasteiger partial charge in [0, 0.05) is 0 Å². The fourth-order valence-corrected chi connectivity index (χ4v) is 1.27. The zero-order valence-electron chi connectivity index (χ0n) is 8.85. The average molecular weight is 170 g/mol. The first-order chi connectivity index (χ1) is 5.59. The van der Waals surface area contributed by atoms with E-state index >= 15 is 0 Å². The molecular formula is C11H22O. The summed E-state index contributed by atoms with van der Waals surface area (Å²) in [5.41, 5.74) is 1.14. The molecule has 0 rings (SSSR count). The van der Waals surface area contributed by atoms with Crippen LogP contribution in [0.5, 0.6) is 0 Å². The van der Waals surface area contributed by atoms with Crippen LogP contribution in [0.15, 0.2) is 11.3 Å². The first kappa shape index (κ1) is 11.5. The summed E-state index contributed by atoms with van der Waals surface area (Å²) in [6.45, 7) is 8.19. The van der Waals surface area contributed by atoms with Crippen LogP contribution in [0.3, 0.4) is 0 Å². The van der Waals surface area contributed by atoms with Crippen LogP contribution in [-0.2, 0) is 0 Å². The SMILES string of the molecule is CCCCCC(C)C(C)=C(C)O. The molecule has 0 amide bonds. The van der Waals surface area contributed by atoms with E-state index < -0.39 is 0 Å². The van der Waals surface area contributed by atoms with Crippen molar-refractivity contribution < 1.29 is 5.11 Å². The van der Waals surface area contributed by atoms with Gasteiger partial charge < -0.3 is 5.11 Å². The Hall–Kier alpha value is -0.460. The van der Waals surface area contributed by atoms with Crippen LogP contribution in [-0.4, -0.2) is 5.11 Å². The third-order valence-corrected chi connectivity index (χ3v) is 2.55. The van der Waals surface area contributed by atoms with Gasteiger partial charge in [-0.3, -0.25) is 0 Å². The molecule has 0 aromatic rings. The van der Waals surface area contributed by atoms with E-state index in [4.69, 9.17) is 0 Å². The van der Waals surface area contributed by atoms with E-state index in [2.05, 4.69) is 13.8 Å². The van der Waals surface area contributed by atoms with Gasteiger partial charge in [0.1, 0.15) is 0 Å². The van der Waals surface area contributed by atoms with Crippen molar-refractivity contribution in [3.8, 4) is 0 Å². The van der Waals surface area contributed by atoms with E-state index in [-0.39, 0.29) is 0 Å². The maximum Gasteiger partial charge on any atom is 0.0883 e.